The molecule has 59 heavy (non-hydrogen) atoms. The van der Waals surface area contributed by atoms with Crippen LogP contribution in [0.3, 0.4) is 0 Å². The van der Waals surface area contributed by atoms with Crippen molar-refractivity contribution in [3.8, 4) is 5.69 Å². The van der Waals surface area contributed by atoms with Crippen LogP contribution in [0.4, 0.5) is 17.1 Å². The molecule has 3 aromatic heterocycles. The second-order valence-electron chi connectivity index (χ2n) is 15.8. The molecule has 1 aliphatic carbocycles. The van der Waals surface area contributed by atoms with Crippen LogP contribution in [0.5, 0.6) is 0 Å². The summed E-state index contributed by atoms with van der Waals surface area (Å²) in [7, 11) is 0. The Kier molecular flexibility index (Phi) is 7.54. The van der Waals surface area contributed by atoms with E-state index in [9.17, 15) is 0 Å². The Labute approximate surface area is 341 Å². The smallest absolute Gasteiger partial charge is 0.145 e. The molecule has 2 unspecified atom stereocenters. The highest BCUT2D eigenvalue weighted by atomic mass is 16.3. The lowest BCUT2D eigenvalue weighted by molar-refractivity contribution is 0.635. The Morgan fingerprint density at radius 1 is 0.475 bits per heavy atom. The standard InChI is InChI=1S/C55H39N3O/c1-36-34-41(28-30-43(36)37-24-26-40(27-25-37)56(38-14-4-2-5-15-38)39-16-6-3-7-17-39)57-49-21-11-8-18-44(49)48-35-42(29-32-51(48)57)58-50-22-12-9-20-47(50)54-52(58)33-31-46-45-19-10-13-23-53(45)59-55(46)54/h2-36,43H,1H3. The molecule has 0 spiro atoms. The first-order valence-electron chi connectivity index (χ1n) is 20.5. The van der Waals surface area contributed by atoms with Gasteiger partial charge < -0.3 is 18.5 Å². The van der Waals surface area contributed by atoms with E-state index >= 15 is 0 Å². The van der Waals surface area contributed by atoms with Crippen molar-refractivity contribution in [2.45, 2.75) is 12.8 Å². The Bertz CT molecular complexity index is 3420. The molecule has 12 rings (SSSR count). The van der Waals surface area contributed by atoms with Crippen LogP contribution in [0.1, 0.15) is 18.4 Å². The molecule has 3 heterocycles. The third-order valence-electron chi connectivity index (χ3n) is 12.4. The largest absolute Gasteiger partial charge is 0.455 e. The van der Waals surface area contributed by atoms with Crippen LogP contribution in [-0.2, 0) is 0 Å². The van der Waals surface area contributed by atoms with Crippen LogP contribution >= 0.6 is 0 Å². The summed E-state index contributed by atoms with van der Waals surface area (Å²) in [6.45, 7) is 2.34. The molecule has 0 amide bonds. The van der Waals surface area contributed by atoms with E-state index in [-0.39, 0.29) is 5.92 Å². The van der Waals surface area contributed by atoms with Crippen LogP contribution in [0.25, 0.3) is 76.9 Å². The summed E-state index contributed by atoms with van der Waals surface area (Å²) >= 11 is 0. The molecule has 0 N–H and O–H groups in total. The molecule has 8 aromatic carbocycles. The van der Waals surface area contributed by atoms with E-state index in [1.165, 1.54) is 38.5 Å². The zero-order valence-electron chi connectivity index (χ0n) is 32.5. The van der Waals surface area contributed by atoms with Gasteiger partial charge in [0.05, 0.1) is 27.5 Å². The van der Waals surface area contributed by atoms with Crippen molar-refractivity contribution in [2.75, 3.05) is 4.90 Å². The number of nitrogens with zero attached hydrogens (tertiary/aromatic N) is 3. The molecule has 0 aliphatic heterocycles. The fraction of sp³-hybridized carbons (Fsp3) is 0.0545. The average Bonchev–Trinajstić information content (AvgIpc) is 3.95. The zero-order chi connectivity index (χ0) is 39.0. The Morgan fingerprint density at radius 3 is 1.80 bits per heavy atom. The highest BCUT2D eigenvalue weighted by molar-refractivity contribution is 6.24. The molecule has 4 heteroatoms. The molecule has 0 fully saturated rings. The van der Waals surface area contributed by atoms with Crippen LogP contribution in [-0.4, -0.2) is 9.13 Å². The third-order valence-corrected chi connectivity index (χ3v) is 12.4. The maximum atomic E-state index is 6.58. The fourth-order valence-electron chi connectivity index (χ4n) is 9.71. The van der Waals surface area contributed by atoms with Gasteiger partial charge in [-0.15, -0.1) is 0 Å². The van der Waals surface area contributed by atoms with E-state index in [1.54, 1.807) is 0 Å². The minimum atomic E-state index is 0.267. The third kappa shape index (κ3) is 5.23. The van der Waals surface area contributed by atoms with Gasteiger partial charge in [0.25, 0.3) is 0 Å². The van der Waals surface area contributed by atoms with Crippen LogP contribution in [0.2, 0.25) is 0 Å². The Balaban J connectivity index is 0.927. The number of fused-ring (bicyclic) bond motifs is 10. The number of aromatic nitrogens is 2. The van der Waals surface area contributed by atoms with E-state index in [4.69, 9.17) is 4.42 Å². The molecular weight excluding hydrogens is 719 g/mol. The van der Waals surface area contributed by atoms with Crippen molar-refractivity contribution >= 4 is 88.3 Å². The first-order chi connectivity index (χ1) is 29.2. The molecule has 1 aliphatic rings. The van der Waals surface area contributed by atoms with Gasteiger partial charge in [-0.3, -0.25) is 0 Å². The predicted molar refractivity (Wildman–Crippen MR) is 248 cm³/mol. The second-order valence-corrected chi connectivity index (χ2v) is 15.8. The molecule has 2 atom stereocenters. The van der Waals surface area contributed by atoms with Crippen molar-refractivity contribution in [2.24, 2.45) is 5.92 Å². The zero-order valence-corrected chi connectivity index (χ0v) is 32.5. The quantitative estimate of drug-likeness (QED) is 0.169. The lowest BCUT2D eigenvalue weighted by Crippen LogP contribution is -2.12. The molecule has 4 nitrogen and oxygen atoms in total. The summed E-state index contributed by atoms with van der Waals surface area (Å²) in [5.41, 5.74) is 13.6. The lowest BCUT2D eigenvalue weighted by Gasteiger charge is -2.27. The monoisotopic (exact) mass is 757 g/mol. The molecule has 280 valence electrons. The van der Waals surface area contributed by atoms with E-state index in [2.05, 4.69) is 221 Å². The summed E-state index contributed by atoms with van der Waals surface area (Å²) in [6.07, 6.45) is 7.17. The minimum absolute atomic E-state index is 0.267. The van der Waals surface area contributed by atoms with Crippen molar-refractivity contribution in [3.05, 3.63) is 212 Å². The summed E-state index contributed by atoms with van der Waals surface area (Å²) in [5, 5.41) is 7.11. The van der Waals surface area contributed by atoms with Crippen molar-refractivity contribution in [3.63, 3.8) is 0 Å². The van der Waals surface area contributed by atoms with Gasteiger partial charge in [0.1, 0.15) is 11.2 Å². The van der Waals surface area contributed by atoms with E-state index < -0.39 is 0 Å². The number of hydrogen-bond acceptors (Lipinski definition) is 2. The van der Waals surface area contributed by atoms with Crippen LogP contribution in [0.15, 0.2) is 211 Å². The highest BCUT2D eigenvalue weighted by Gasteiger charge is 2.24. The van der Waals surface area contributed by atoms with Gasteiger partial charge in [-0.2, -0.15) is 0 Å². The van der Waals surface area contributed by atoms with Crippen molar-refractivity contribution in [1.82, 2.24) is 9.13 Å². The van der Waals surface area contributed by atoms with Gasteiger partial charge in [-0.1, -0.05) is 122 Å². The number of para-hydroxylation sites is 5. The molecule has 0 bridgehead atoms. The second kappa shape index (κ2) is 13.3. The number of benzene rings is 8. The Morgan fingerprint density at radius 2 is 1.07 bits per heavy atom. The maximum Gasteiger partial charge on any atom is 0.145 e. The number of allylic oxidation sites excluding steroid dienone is 4. The predicted octanol–water partition coefficient (Wildman–Crippen LogP) is 15.1. The molecule has 0 radical (unpaired) electrons. The van der Waals surface area contributed by atoms with Gasteiger partial charge in [-0.25, -0.2) is 0 Å². The van der Waals surface area contributed by atoms with E-state index in [0.29, 0.717) is 5.92 Å². The first kappa shape index (κ1) is 33.6. The minimum Gasteiger partial charge on any atom is -0.455 e. The summed E-state index contributed by atoms with van der Waals surface area (Å²) < 4.78 is 11.4. The van der Waals surface area contributed by atoms with Crippen molar-refractivity contribution < 1.29 is 4.42 Å². The number of rotatable bonds is 6. The van der Waals surface area contributed by atoms with Crippen LogP contribution in [0, 0.1) is 5.92 Å². The summed E-state index contributed by atoms with van der Waals surface area (Å²) in [6, 6.07) is 67.6. The van der Waals surface area contributed by atoms with Crippen LogP contribution < -0.4 is 4.90 Å². The number of anilines is 3. The molecule has 0 saturated heterocycles. The fourth-order valence-corrected chi connectivity index (χ4v) is 9.71. The normalized spacial score (nSPS) is 15.6. The topological polar surface area (TPSA) is 26.2 Å². The van der Waals surface area contributed by atoms with Crippen molar-refractivity contribution in [1.29, 1.82) is 0 Å². The molecular formula is C55H39N3O. The maximum absolute atomic E-state index is 6.58. The summed E-state index contributed by atoms with van der Waals surface area (Å²) in [5.74, 6) is 0.561. The van der Waals surface area contributed by atoms with Gasteiger partial charge in [-0.05, 0) is 102 Å². The summed E-state index contributed by atoms with van der Waals surface area (Å²) in [4.78, 5) is 2.32. The average molecular weight is 758 g/mol. The van der Waals surface area contributed by atoms with Gasteiger partial charge in [0.15, 0.2) is 0 Å². The highest BCUT2D eigenvalue weighted by Crippen LogP contribution is 2.43. The molecule has 0 saturated carbocycles. The van der Waals surface area contributed by atoms with E-state index in [0.717, 1.165) is 61.1 Å². The lowest BCUT2D eigenvalue weighted by atomic mass is 9.83. The SMILES string of the molecule is CC1C=C(n2c3ccccc3c3cc(-n4c5ccccc5c5c6oc7ccccc7c6ccc54)ccc32)C=CC1c1ccc(N(c2ccccc2)c2ccccc2)cc1. The van der Waals surface area contributed by atoms with E-state index in [1.807, 2.05) is 6.07 Å². The van der Waals surface area contributed by atoms with Gasteiger partial charge in [0.2, 0.25) is 0 Å². The Hall–Kier alpha value is -7.56. The number of furan rings is 1. The number of hydrogen-bond donors (Lipinski definition) is 0. The molecule has 11 aromatic rings. The van der Waals surface area contributed by atoms with Gasteiger partial charge in [0, 0.05) is 61.3 Å². The first-order valence-corrected chi connectivity index (χ1v) is 20.5. The van der Waals surface area contributed by atoms with Gasteiger partial charge >= 0.3 is 0 Å².